The number of hydrogen-bond acceptors (Lipinski definition) is 2. The summed E-state index contributed by atoms with van der Waals surface area (Å²) in [5.41, 5.74) is 6.81. The molecule has 1 heterocycles. The highest BCUT2D eigenvalue weighted by atomic mass is 79.9. The van der Waals surface area contributed by atoms with Crippen LogP contribution in [0.3, 0.4) is 0 Å². The third-order valence-corrected chi connectivity index (χ3v) is 5.68. The Labute approximate surface area is 124 Å². The van der Waals surface area contributed by atoms with Gasteiger partial charge in [-0.1, -0.05) is 23.7 Å². The minimum absolute atomic E-state index is 0.320. The van der Waals surface area contributed by atoms with Gasteiger partial charge < -0.3 is 5.73 Å². The van der Waals surface area contributed by atoms with Crippen LogP contribution in [0.15, 0.2) is 33.2 Å². The molecule has 0 saturated heterocycles. The summed E-state index contributed by atoms with van der Waals surface area (Å²) < 4.78 is 15.3. The van der Waals surface area contributed by atoms with Crippen LogP contribution >= 0.6 is 54.8 Å². The van der Waals surface area contributed by atoms with Crippen molar-refractivity contribution in [3.63, 3.8) is 0 Å². The first-order valence-electron chi connectivity index (χ1n) is 4.65. The van der Waals surface area contributed by atoms with Gasteiger partial charge in [0, 0.05) is 9.35 Å². The van der Waals surface area contributed by atoms with E-state index in [-0.39, 0.29) is 5.82 Å². The lowest BCUT2D eigenvalue weighted by molar-refractivity contribution is 0.616. The van der Waals surface area contributed by atoms with Gasteiger partial charge in [0.05, 0.1) is 10.5 Å². The van der Waals surface area contributed by atoms with Crippen LogP contribution in [0.1, 0.15) is 16.5 Å². The van der Waals surface area contributed by atoms with Crippen LogP contribution in [0, 0.1) is 5.82 Å². The highest BCUT2D eigenvalue weighted by Crippen LogP contribution is 2.38. The van der Waals surface area contributed by atoms with Crippen molar-refractivity contribution in [2.75, 3.05) is 0 Å². The topological polar surface area (TPSA) is 26.0 Å². The van der Waals surface area contributed by atoms with Crippen LogP contribution in [0.25, 0.3) is 0 Å². The Balaban J connectivity index is 2.43. The van der Waals surface area contributed by atoms with Crippen molar-refractivity contribution in [2.45, 2.75) is 6.04 Å². The summed E-state index contributed by atoms with van der Waals surface area (Å²) in [6, 6.07) is 6.28. The maximum Gasteiger partial charge on any atom is 0.137 e. The number of hydrogen-bond donors (Lipinski definition) is 1. The van der Waals surface area contributed by atoms with E-state index < -0.39 is 6.04 Å². The van der Waals surface area contributed by atoms with Gasteiger partial charge in [-0.3, -0.25) is 0 Å². The second-order valence-electron chi connectivity index (χ2n) is 3.39. The summed E-state index contributed by atoms with van der Waals surface area (Å²) >= 11 is 13.9. The van der Waals surface area contributed by atoms with Crippen LogP contribution in [-0.4, -0.2) is 0 Å². The van der Waals surface area contributed by atoms with E-state index in [1.165, 1.54) is 17.4 Å². The molecule has 0 amide bonds. The summed E-state index contributed by atoms with van der Waals surface area (Å²) in [4.78, 5) is 0.883. The number of nitrogens with two attached hydrogens (primary N) is 1. The average Bonchev–Trinajstić information content (AvgIpc) is 2.62. The molecule has 2 aromatic rings. The predicted molar refractivity (Wildman–Crippen MR) is 77.2 cm³/mol. The van der Waals surface area contributed by atoms with Gasteiger partial charge in [0.1, 0.15) is 10.2 Å². The highest BCUT2D eigenvalue weighted by Gasteiger charge is 2.17. The normalized spacial score (nSPS) is 12.8. The van der Waals surface area contributed by atoms with Crippen molar-refractivity contribution in [1.82, 2.24) is 0 Å². The fraction of sp³-hybridized carbons (Fsp3) is 0.0909. The van der Waals surface area contributed by atoms with E-state index >= 15 is 0 Å². The number of thiophene rings is 1. The molecule has 0 aliphatic heterocycles. The van der Waals surface area contributed by atoms with Gasteiger partial charge >= 0.3 is 0 Å². The SMILES string of the molecule is NC(c1cc(Br)c(Cl)s1)c1cccc(F)c1Br. The zero-order valence-corrected chi connectivity index (χ0v) is 13.1. The highest BCUT2D eigenvalue weighted by molar-refractivity contribution is 9.10. The summed E-state index contributed by atoms with van der Waals surface area (Å²) in [6.45, 7) is 0. The van der Waals surface area contributed by atoms with Gasteiger partial charge in [-0.2, -0.15) is 0 Å². The first kappa shape index (κ1) is 13.5. The largest absolute Gasteiger partial charge is 0.320 e. The summed E-state index contributed by atoms with van der Waals surface area (Å²) in [5, 5.41) is 0. The van der Waals surface area contributed by atoms with Crippen molar-refractivity contribution in [3.8, 4) is 0 Å². The monoisotopic (exact) mass is 397 g/mol. The second-order valence-corrected chi connectivity index (χ2v) is 6.72. The summed E-state index contributed by atoms with van der Waals surface area (Å²) in [5.74, 6) is -0.320. The van der Waals surface area contributed by atoms with Crippen LogP contribution < -0.4 is 5.73 Å². The molecule has 0 aliphatic carbocycles. The minimum atomic E-state index is -0.395. The standard InChI is InChI=1S/C11H7Br2ClFNS/c12-6-4-8(17-11(6)14)10(16)5-2-1-3-7(15)9(5)13/h1-4,10H,16H2. The van der Waals surface area contributed by atoms with Gasteiger partial charge in [0.25, 0.3) is 0 Å². The van der Waals surface area contributed by atoms with Gasteiger partial charge in [0.2, 0.25) is 0 Å². The zero-order valence-electron chi connectivity index (χ0n) is 8.38. The molecule has 17 heavy (non-hydrogen) atoms. The van der Waals surface area contributed by atoms with Crippen LogP contribution in [0.5, 0.6) is 0 Å². The quantitative estimate of drug-likeness (QED) is 0.746. The Morgan fingerprint density at radius 2 is 2.06 bits per heavy atom. The fourth-order valence-corrected chi connectivity index (χ4v) is 3.70. The molecule has 1 nitrogen and oxygen atoms in total. The van der Waals surface area contributed by atoms with E-state index in [1.54, 1.807) is 12.1 Å². The Kier molecular flexibility index (Phi) is 4.26. The molecule has 0 aliphatic rings. The second kappa shape index (κ2) is 5.36. The maximum absolute atomic E-state index is 13.4. The lowest BCUT2D eigenvalue weighted by atomic mass is 10.1. The summed E-state index contributed by atoms with van der Waals surface area (Å²) in [7, 11) is 0. The molecule has 1 unspecified atom stereocenters. The molecular weight excluding hydrogens is 392 g/mol. The van der Waals surface area contributed by atoms with Crippen LogP contribution in [0.2, 0.25) is 4.34 Å². The van der Waals surface area contributed by atoms with Crippen molar-refractivity contribution in [1.29, 1.82) is 0 Å². The molecule has 0 radical (unpaired) electrons. The molecule has 1 atom stereocenters. The molecule has 90 valence electrons. The number of halogens is 4. The van der Waals surface area contributed by atoms with Crippen LogP contribution in [0.4, 0.5) is 4.39 Å². The lowest BCUT2D eigenvalue weighted by Crippen LogP contribution is -2.11. The Morgan fingerprint density at radius 1 is 1.35 bits per heavy atom. The van der Waals surface area contributed by atoms with Crippen molar-refractivity contribution < 1.29 is 4.39 Å². The van der Waals surface area contributed by atoms with Gasteiger partial charge in [-0.15, -0.1) is 11.3 Å². The van der Waals surface area contributed by atoms with E-state index in [0.717, 1.165) is 9.35 Å². The third-order valence-electron chi connectivity index (χ3n) is 2.29. The molecule has 6 heteroatoms. The van der Waals surface area contributed by atoms with Crippen molar-refractivity contribution in [3.05, 3.63) is 53.8 Å². The number of benzene rings is 1. The molecule has 1 aromatic carbocycles. The smallest absolute Gasteiger partial charge is 0.137 e. The van der Waals surface area contributed by atoms with Crippen molar-refractivity contribution in [2.24, 2.45) is 5.73 Å². The number of rotatable bonds is 2. The molecule has 1 aromatic heterocycles. The zero-order chi connectivity index (χ0) is 12.6. The lowest BCUT2D eigenvalue weighted by Gasteiger charge is -2.12. The molecule has 0 saturated carbocycles. The van der Waals surface area contributed by atoms with Crippen LogP contribution in [-0.2, 0) is 0 Å². The Hall–Kier alpha value is 0.0600. The molecule has 0 fully saturated rings. The van der Waals surface area contributed by atoms with E-state index in [9.17, 15) is 4.39 Å². The fourth-order valence-electron chi connectivity index (χ4n) is 1.43. The van der Waals surface area contributed by atoms with E-state index in [1.807, 2.05) is 6.07 Å². The van der Waals surface area contributed by atoms with E-state index in [4.69, 9.17) is 17.3 Å². The molecule has 0 spiro atoms. The Bertz CT molecular complexity index is 539. The van der Waals surface area contributed by atoms with Gasteiger partial charge in [-0.25, -0.2) is 4.39 Å². The molecular formula is C11H7Br2ClFNS. The van der Waals surface area contributed by atoms with E-state index in [2.05, 4.69) is 31.9 Å². The van der Waals surface area contributed by atoms with Gasteiger partial charge in [-0.05, 0) is 49.6 Å². The maximum atomic E-state index is 13.4. The molecule has 0 bridgehead atoms. The predicted octanol–water partition coefficient (Wildman–Crippen LogP) is 5.11. The van der Waals surface area contributed by atoms with E-state index in [0.29, 0.717) is 14.4 Å². The third kappa shape index (κ3) is 2.74. The molecule has 2 rings (SSSR count). The first-order chi connectivity index (χ1) is 8.00. The minimum Gasteiger partial charge on any atom is -0.320 e. The van der Waals surface area contributed by atoms with Gasteiger partial charge in [0.15, 0.2) is 0 Å². The average molecular weight is 400 g/mol. The summed E-state index contributed by atoms with van der Waals surface area (Å²) in [6.07, 6.45) is 0. The first-order valence-corrected chi connectivity index (χ1v) is 7.43. The Morgan fingerprint density at radius 3 is 2.65 bits per heavy atom. The van der Waals surface area contributed by atoms with Crippen molar-refractivity contribution >= 4 is 54.8 Å². The molecule has 2 N–H and O–H groups in total.